The second-order valence-electron chi connectivity index (χ2n) is 3.16. The molecule has 0 aliphatic heterocycles. The fourth-order valence-electron chi connectivity index (χ4n) is 1.43. The van der Waals surface area contributed by atoms with Crippen molar-refractivity contribution in [2.24, 2.45) is 5.73 Å². The molecule has 0 aromatic rings. The highest BCUT2D eigenvalue weighted by Gasteiger charge is 2.23. The molecular weight excluding hydrogens is 200 g/mol. The Labute approximate surface area is 79.4 Å². The largest absolute Gasteiger partial charge is 0.328 e. The third kappa shape index (κ3) is 4.25. The van der Waals surface area contributed by atoms with Crippen molar-refractivity contribution in [3.8, 4) is 0 Å². The van der Waals surface area contributed by atoms with Crippen molar-refractivity contribution in [2.45, 2.75) is 31.3 Å². The topological polar surface area (TPSA) is 72.2 Å². The lowest BCUT2D eigenvalue weighted by molar-refractivity contribution is 0.554. The van der Waals surface area contributed by atoms with Gasteiger partial charge in [0, 0.05) is 12.1 Å². The maximum absolute atomic E-state index is 10.7. The number of hydrogen-bond acceptors (Lipinski definition) is 3. The first-order chi connectivity index (χ1) is 4.97. The molecule has 3 N–H and O–H groups in total. The van der Waals surface area contributed by atoms with Crippen LogP contribution in [0.15, 0.2) is 0 Å². The summed E-state index contributed by atoms with van der Waals surface area (Å²) < 4.78 is 24.0. The van der Waals surface area contributed by atoms with Crippen molar-refractivity contribution in [3.63, 3.8) is 0 Å². The molecular formula is C6H15ClN2O2S. The van der Waals surface area contributed by atoms with Gasteiger partial charge in [0.05, 0.1) is 6.26 Å². The van der Waals surface area contributed by atoms with Crippen molar-refractivity contribution in [3.05, 3.63) is 0 Å². The standard InChI is InChI=1S/C6H14N2O2S.ClH/c1-11(9,10)8-6-3-2-5(7)4-6;/h5-6,8H,2-4,7H2,1H3;1H/t5-,6+;/m1./s1. The Morgan fingerprint density at radius 3 is 2.33 bits per heavy atom. The fraction of sp³-hybridized carbons (Fsp3) is 1.00. The molecule has 0 spiro atoms. The maximum Gasteiger partial charge on any atom is 0.208 e. The Bertz CT molecular complexity index is 230. The van der Waals surface area contributed by atoms with E-state index in [-0.39, 0.29) is 24.5 Å². The van der Waals surface area contributed by atoms with Gasteiger partial charge in [-0.05, 0) is 19.3 Å². The van der Waals surface area contributed by atoms with Gasteiger partial charge in [-0.3, -0.25) is 0 Å². The van der Waals surface area contributed by atoms with Crippen LogP contribution in [0.25, 0.3) is 0 Å². The lowest BCUT2D eigenvalue weighted by atomic mass is 10.2. The highest BCUT2D eigenvalue weighted by Crippen LogP contribution is 2.17. The van der Waals surface area contributed by atoms with Gasteiger partial charge in [-0.2, -0.15) is 0 Å². The van der Waals surface area contributed by atoms with Crippen molar-refractivity contribution >= 4 is 22.4 Å². The normalized spacial score (nSPS) is 29.8. The van der Waals surface area contributed by atoms with Crippen LogP contribution in [-0.2, 0) is 10.0 Å². The van der Waals surface area contributed by atoms with E-state index in [1.54, 1.807) is 0 Å². The summed E-state index contributed by atoms with van der Waals surface area (Å²) in [6.07, 6.45) is 3.74. The number of sulfonamides is 1. The van der Waals surface area contributed by atoms with Crippen LogP contribution in [0.2, 0.25) is 0 Å². The molecule has 0 unspecified atom stereocenters. The molecule has 0 amide bonds. The lowest BCUT2D eigenvalue weighted by Gasteiger charge is -2.08. The number of nitrogens with two attached hydrogens (primary N) is 1. The predicted molar refractivity (Wildman–Crippen MR) is 50.8 cm³/mol. The van der Waals surface area contributed by atoms with Crippen LogP contribution in [-0.4, -0.2) is 26.8 Å². The quantitative estimate of drug-likeness (QED) is 0.671. The summed E-state index contributed by atoms with van der Waals surface area (Å²) in [7, 11) is -3.04. The molecule has 0 aromatic heterocycles. The highest BCUT2D eigenvalue weighted by molar-refractivity contribution is 7.88. The average molecular weight is 215 g/mol. The minimum Gasteiger partial charge on any atom is -0.328 e. The third-order valence-electron chi connectivity index (χ3n) is 1.85. The Morgan fingerprint density at radius 1 is 1.42 bits per heavy atom. The second-order valence-corrected chi connectivity index (χ2v) is 4.94. The minimum absolute atomic E-state index is 0. The van der Waals surface area contributed by atoms with Gasteiger partial charge in [0.25, 0.3) is 0 Å². The zero-order chi connectivity index (χ0) is 8.48. The van der Waals surface area contributed by atoms with Gasteiger partial charge in [-0.15, -0.1) is 12.4 Å². The Morgan fingerprint density at radius 2 is 2.00 bits per heavy atom. The van der Waals surface area contributed by atoms with Crippen LogP contribution in [0.5, 0.6) is 0 Å². The summed E-state index contributed by atoms with van der Waals surface area (Å²) >= 11 is 0. The van der Waals surface area contributed by atoms with Crippen LogP contribution in [0.1, 0.15) is 19.3 Å². The summed E-state index contributed by atoms with van der Waals surface area (Å²) in [6.45, 7) is 0. The first-order valence-electron chi connectivity index (χ1n) is 3.70. The molecule has 0 heterocycles. The molecule has 1 aliphatic rings. The zero-order valence-electron chi connectivity index (χ0n) is 6.99. The zero-order valence-corrected chi connectivity index (χ0v) is 8.62. The first kappa shape index (κ1) is 12.2. The van der Waals surface area contributed by atoms with E-state index in [4.69, 9.17) is 5.73 Å². The number of rotatable bonds is 2. The van der Waals surface area contributed by atoms with Crippen LogP contribution in [0, 0.1) is 0 Å². The highest BCUT2D eigenvalue weighted by atomic mass is 35.5. The molecule has 1 fully saturated rings. The average Bonchev–Trinajstić information content (AvgIpc) is 2.10. The van der Waals surface area contributed by atoms with Crippen LogP contribution < -0.4 is 10.5 Å². The van der Waals surface area contributed by atoms with E-state index in [2.05, 4.69) is 4.72 Å². The molecule has 12 heavy (non-hydrogen) atoms. The fourth-order valence-corrected chi connectivity index (χ4v) is 2.25. The summed E-state index contributed by atoms with van der Waals surface area (Å²) in [4.78, 5) is 0. The van der Waals surface area contributed by atoms with E-state index in [0.717, 1.165) is 19.3 Å². The molecule has 2 atom stereocenters. The van der Waals surface area contributed by atoms with E-state index in [1.165, 1.54) is 6.26 Å². The van der Waals surface area contributed by atoms with E-state index in [1.807, 2.05) is 0 Å². The van der Waals surface area contributed by atoms with Crippen LogP contribution >= 0.6 is 12.4 Å². The smallest absolute Gasteiger partial charge is 0.208 e. The van der Waals surface area contributed by atoms with E-state index < -0.39 is 10.0 Å². The van der Waals surface area contributed by atoms with Gasteiger partial charge in [0.2, 0.25) is 10.0 Å². The molecule has 6 heteroatoms. The van der Waals surface area contributed by atoms with Crippen molar-refractivity contribution in [2.75, 3.05) is 6.26 Å². The number of nitrogens with one attached hydrogen (secondary N) is 1. The van der Waals surface area contributed by atoms with Crippen molar-refractivity contribution in [1.82, 2.24) is 4.72 Å². The number of hydrogen-bond donors (Lipinski definition) is 2. The lowest BCUT2D eigenvalue weighted by Crippen LogP contribution is -2.33. The minimum atomic E-state index is -3.04. The molecule has 0 radical (unpaired) electrons. The summed E-state index contributed by atoms with van der Waals surface area (Å²) in [5.41, 5.74) is 5.61. The third-order valence-corrected chi connectivity index (χ3v) is 2.62. The molecule has 0 saturated heterocycles. The van der Waals surface area contributed by atoms with Gasteiger partial charge >= 0.3 is 0 Å². The summed E-state index contributed by atoms with van der Waals surface area (Å²) in [6, 6.07) is 0.245. The molecule has 0 bridgehead atoms. The first-order valence-corrected chi connectivity index (χ1v) is 5.59. The van der Waals surface area contributed by atoms with Crippen molar-refractivity contribution in [1.29, 1.82) is 0 Å². The summed E-state index contributed by atoms with van der Waals surface area (Å²) in [5, 5.41) is 0. The van der Waals surface area contributed by atoms with Crippen LogP contribution in [0.4, 0.5) is 0 Å². The van der Waals surface area contributed by atoms with Gasteiger partial charge in [-0.25, -0.2) is 13.1 Å². The van der Waals surface area contributed by atoms with Gasteiger partial charge in [0.1, 0.15) is 0 Å². The predicted octanol–water partition coefficient (Wildman–Crippen LogP) is -0.163. The second kappa shape index (κ2) is 4.41. The van der Waals surface area contributed by atoms with Gasteiger partial charge in [0.15, 0.2) is 0 Å². The van der Waals surface area contributed by atoms with E-state index in [0.29, 0.717) is 0 Å². The Balaban J connectivity index is 0.00000121. The number of halogens is 1. The molecule has 0 aromatic carbocycles. The molecule has 1 saturated carbocycles. The molecule has 4 nitrogen and oxygen atoms in total. The summed E-state index contributed by atoms with van der Waals surface area (Å²) in [5.74, 6) is 0. The Kier molecular flexibility index (Phi) is 4.47. The van der Waals surface area contributed by atoms with Gasteiger partial charge in [-0.1, -0.05) is 0 Å². The SMILES string of the molecule is CS(=O)(=O)N[C@H]1CC[C@@H](N)C1.Cl. The van der Waals surface area contributed by atoms with Gasteiger partial charge < -0.3 is 5.73 Å². The maximum atomic E-state index is 10.7. The van der Waals surface area contributed by atoms with E-state index in [9.17, 15) is 8.42 Å². The molecule has 1 rings (SSSR count). The van der Waals surface area contributed by atoms with Crippen molar-refractivity contribution < 1.29 is 8.42 Å². The molecule has 74 valence electrons. The Hall–Kier alpha value is 0.160. The monoisotopic (exact) mass is 214 g/mol. The van der Waals surface area contributed by atoms with E-state index >= 15 is 0 Å². The van der Waals surface area contributed by atoms with Crippen LogP contribution in [0.3, 0.4) is 0 Å². The molecule has 1 aliphatic carbocycles.